The van der Waals surface area contributed by atoms with E-state index in [0.717, 1.165) is 46.1 Å². The van der Waals surface area contributed by atoms with Crippen molar-refractivity contribution in [1.29, 1.82) is 0 Å². The molecule has 4 nitrogen and oxygen atoms in total. The van der Waals surface area contributed by atoms with E-state index < -0.39 is 0 Å². The number of ether oxygens (including phenoxy) is 2. The molecule has 0 aromatic carbocycles. The Morgan fingerprint density at radius 3 is 2.20 bits per heavy atom. The first kappa shape index (κ1) is 17.9. The Morgan fingerprint density at radius 1 is 1.00 bits per heavy atom. The van der Waals surface area contributed by atoms with Gasteiger partial charge in [0.1, 0.15) is 0 Å². The van der Waals surface area contributed by atoms with E-state index in [9.17, 15) is 0 Å². The second kappa shape index (κ2) is 11.5. The summed E-state index contributed by atoms with van der Waals surface area (Å²) >= 11 is 0. The van der Waals surface area contributed by atoms with Crippen molar-refractivity contribution in [2.24, 2.45) is 0 Å². The zero-order valence-corrected chi connectivity index (χ0v) is 13.7. The summed E-state index contributed by atoms with van der Waals surface area (Å²) in [5.41, 5.74) is 0. The molecule has 0 radical (unpaired) electrons. The fraction of sp³-hybridized carbons (Fsp3) is 1.00. The molecule has 0 bridgehead atoms. The van der Waals surface area contributed by atoms with Gasteiger partial charge in [-0.25, -0.2) is 0 Å². The molecule has 0 aliphatic heterocycles. The lowest BCUT2D eigenvalue weighted by Crippen LogP contribution is -2.46. The lowest BCUT2D eigenvalue weighted by molar-refractivity contribution is 0.0489. The van der Waals surface area contributed by atoms with Crippen LogP contribution in [-0.4, -0.2) is 63.0 Å². The van der Waals surface area contributed by atoms with Gasteiger partial charge in [0.15, 0.2) is 0 Å². The first-order chi connectivity index (χ1) is 9.81. The summed E-state index contributed by atoms with van der Waals surface area (Å²) in [7, 11) is 0. The van der Waals surface area contributed by atoms with Crippen LogP contribution in [0.25, 0.3) is 0 Å². The Labute approximate surface area is 125 Å². The molecule has 2 unspecified atom stereocenters. The van der Waals surface area contributed by atoms with Crippen molar-refractivity contribution in [2.75, 3.05) is 46.1 Å². The quantitative estimate of drug-likeness (QED) is 0.591. The third kappa shape index (κ3) is 7.02. The Balaban J connectivity index is 2.41. The van der Waals surface area contributed by atoms with Crippen molar-refractivity contribution in [3.8, 4) is 0 Å². The largest absolute Gasteiger partial charge is 0.380 e. The van der Waals surface area contributed by atoms with Crippen LogP contribution in [0.2, 0.25) is 0 Å². The number of hydrogen-bond acceptors (Lipinski definition) is 4. The predicted molar refractivity (Wildman–Crippen MR) is 84.3 cm³/mol. The SMILES string of the molecule is CCNC1CCCC(N(CCOCC)CCOCC)C1. The predicted octanol–water partition coefficient (Wildman–Crippen LogP) is 2.28. The van der Waals surface area contributed by atoms with Gasteiger partial charge in [0, 0.05) is 38.4 Å². The van der Waals surface area contributed by atoms with Crippen LogP contribution in [0.15, 0.2) is 0 Å². The monoisotopic (exact) mass is 286 g/mol. The van der Waals surface area contributed by atoms with Crippen LogP contribution in [-0.2, 0) is 9.47 Å². The smallest absolute Gasteiger partial charge is 0.0593 e. The highest BCUT2D eigenvalue weighted by Gasteiger charge is 2.25. The molecule has 20 heavy (non-hydrogen) atoms. The summed E-state index contributed by atoms with van der Waals surface area (Å²) in [6.07, 6.45) is 5.25. The highest BCUT2D eigenvalue weighted by atomic mass is 16.5. The average Bonchev–Trinajstić information content (AvgIpc) is 2.47. The molecule has 1 N–H and O–H groups in total. The third-order valence-electron chi connectivity index (χ3n) is 4.11. The van der Waals surface area contributed by atoms with E-state index in [1.165, 1.54) is 25.7 Å². The molecule has 1 aliphatic rings. The van der Waals surface area contributed by atoms with E-state index >= 15 is 0 Å². The van der Waals surface area contributed by atoms with Gasteiger partial charge in [-0.3, -0.25) is 4.90 Å². The molecule has 4 heteroatoms. The Hall–Kier alpha value is -0.160. The van der Waals surface area contributed by atoms with Gasteiger partial charge in [0.05, 0.1) is 13.2 Å². The maximum atomic E-state index is 5.54. The summed E-state index contributed by atoms with van der Waals surface area (Å²) in [4.78, 5) is 2.58. The number of rotatable bonds is 11. The first-order valence-corrected chi connectivity index (χ1v) is 8.44. The van der Waals surface area contributed by atoms with E-state index in [4.69, 9.17) is 9.47 Å². The molecule has 2 atom stereocenters. The molecule has 0 amide bonds. The van der Waals surface area contributed by atoms with Crippen LogP contribution < -0.4 is 5.32 Å². The molecule has 120 valence electrons. The Bertz CT molecular complexity index is 215. The van der Waals surface area contributed by atoms with Crippen molar-refractivity contribution in [2.45, 2.75) is 58.5 Å². The van der Waals surface area contributed by atoms with Gasteiger partial charge in [-0.15, -0.1) is 0 Å². The Morgan fingerprint density at radius 2 is 1.65 bits per heavy atom. The number of nitrogens with zero attached hydrogens (tertiary/aromatic N) is 1. The van der Waals surface area contributed by atoms with Crippen molar-refractivity contribution in [1.82, 2.24) is 10.2 Å². The molecule has 0 heterocycles. The highest BCUT2D eigenvalue weighted by Crippen LogP contribution is 2.23. The minimum atomic E-state index is 0.689. The Kier molecular flexibility index (Phi) is 10.3. The minimum Gasteiger partial charge on any atom is -0.380 e. The maximum absolute atomic E-state index is 5.54. The summed E-state index contributed by atoms with van der Waals surface area (Å²) in [5.74, 6) is 0. The molecule has 0 aromatic heterocycles. The van der Waals surface area contributed by atoms with Crippen LogP contribution in [0.1, 0.15) is 46.5 Å². The van der Waals surface area contributed by atoms with Gasteiger partial charge in [-0.2, -0.15) is 0 Å². The van der Waals surface area contributed by atoms with Crippen molar-refractivity contribution in [3.05, 3.63) is 0 Å². The van der Waals surface area contributed by atoms with Crippen LogP contribution in [0.4, 0.5) is 0 Å². The highest BCUT2D eigenvalue weighted by molar-refractivity contribution is 4.83. The normalized spacial score (nSPS) is 23.4. The van der Waals surface area contributed by atoms with Crippen LogP contribution >= 0.6 is 0 Å². The van der Waals surface area contributed by atoms with Gasteiger partial charge < -0.3 is 14.8 Å². The minimum absolute atomic E-state index is 0.689. The fourth-order valence-corrected chi connectivity index (χ4v) is 3.10. The van der Waals surface area contributed by atoms with E-state index in [-0.39, 0.29) is 0 Å². The number of nitrogens with one attached hydrogen (secondary N) is 1. The molecular formula is C16H34N2O2. The van der Waals surface area contributed by atoms with Crippen LogP contribution in [0.5, 0.6) is 0 Å². The molecule has 1 fully saturated rings. The van der Waals surface area contributed by atoms with E-state index in [0.29, 0.717) is 12.1 Å². The van der Waals surface area contributed by atoms with Crippen molar-refractivity contribution < 1.29 is 9.47 Å². The zero-order chi connectivity index (χ0) is 14.6. The van der Waals surface area contributed by atoms with Crippen LogP contribution in [0, 0.1) is 0 Å². The van der Waals surface area contributed by atoms with Gasteiger partial charge >= 0.3 is 0 Å². The topological polar surface area (TPSA) is 33.7 Å². The first-order valence-electron chi connectivity index (χ1n) is 8.44. The molecule has 1 rings (SSSR count). The van der Waals surface area contributed by atoms with E-state index in [2.05, 4.69) is 31.0 Å². The molecule has 0 aromatic rings. The van der Waals surface area contributed by atoms with Gasteiger partial charge in [-0.1, -0.05) is 13.3 Å². The molecule has 1 aliphatic carbocycles. The van der Waals surface area contributed by atoms with Gasteiger partial charge in [0.2, 0.25) is 0 Å². The molecule has 1 saturated carbocycles. The lowest BCUT2D eigenvalue weighted by atomic mass is 9.90. The van der Waals surface area contributed by atoms with Crippen molar-refractivity contribution in [3.63, 3.8) is 0 Å². The van der Waals surface area contributed by atoms with Gasteiger partial charge in [-0.05, 0) is 39.7 Å². The standard InChI is InChI=1S/C16H34N2O2/c1-4-17-15-8-7-9-16(14-15)18(10-12-19-5-2)11-13-20-6-3/h15-17H,4-14H2,1-3H3. The zero-order valence-electron chi connectivity index (χ0n) is 13.7. The summed E-state index contributed by atoms with van der Waals surface area (Å²) in [6.45, 7) is 12.8. The number of hydrogen-bond donors (Lipinski definition) is 1. The molecule has 0 saturated heterocycles. The third-order valence-corrected chi connectivity index (χ3v) is 4.11. The van der Waals surface area contributed by atoms with E-state index in [1.807, 2.05) is 0 Å². The second-order valence-electron chi connectivity index (χ2n) is 5.50. The van der Waals surface area contributed by atoms with E-state index in [1.54, 1.807) is 0 Å². The lowest BCUT2D eigenvalue weighted by Gasteiger charge is -2.37. The maximum Gasteiger partial charge on any atom is 0.0593 e. The summed E-state index contributed by atoms with van der Waals surface area (Å²) in [6, 6.07) is 1.38. The summed E-state index contributed by atoms with van der Waals surface area (Å²) < 4.78 is 11.1. The van der Waals surface area contributed by atoms with Crippen LogP contribution in [0.3, 0.4) is 0 Å². The average molecular weight is 286 g/mol. The molecule has 0 spiro atoms. The fourth-order valence-electron chi connectivity index (χ4n) is 3.10. The van der Waals surface area contributed by atoms with Gasteiger partial charge in [0.25, 0.3) is 0 Å². The van der Waals surface area contributed by atoms with Crippen molar-refractivity contribution >= 4 is 0 Å². The molecular weight excluding hydrogens is 252 g/mol. The summed E-state index contributed by atoms with van der Waals surface area (Å²) in [5, 5.41) is 3.61. The second-order valence-corrected chi connectivity index (χ2v) is 5.50.